The normalized spacial score (nSPS) is 11.3. The van der Waals surface area contributed by atoms with E-state index in [4.69, 9.17) is 32.7 Å². The summed E-state index contributed by atoms with van der Waals surface area (Å²) < 4.78 is 5.75. The van der Waals surface area contributed by atoms with Crippen molar-refractivity contribution in [2.75, 3.05) is 0 Å². The van der Waals surface area contributed by atoms with Crippen molar-refractivity contribution in [1.82, 2.24) is 0 Å². The maximum atomic E-state index is 11.8. The quantitative estimate of drug-likeness (QED) is 0.644. The third-order valence-electron chi connectivity index (χ3n) is 4.12. The van der Waals surface area contributed by atoms with E-state index in [-0.39, 0.29) is 39.0 Å². The number of halogens is 2. The lowest BCUT2D eigenvalue weighted by Crippen LogP contribution is -2.05. The molecule has 1 aromatic carbocycles. The van der Waals surface area contributed by atoms with Gasteiger partial charge in [0.25, 0.3) is 0 Å². The Balaban J connectivity index is 2.36. The van der Waals surface area contributed by atoms with E-state index in [1.54, 1.807) is 19.1 Å². The average molecular weight is 381 g/mol. The Morgan fingerprint density at radius 3 is 2.64 bits per heavy atom. The van der Waals surface area contributed by atoms with E-state index < -0.39 is 5.97 Å². The van der Waals surface area contributed by atoms with Crippen molar-refractivity contribution in [3.8, 4) is 17.1 Å². The molecule has 0 atom stereocenters. The van der Waals surface area contributed by atoms with Crippen LogP contribution in [0, 0.1) is 6.92 Å². The molecule has 0 saturated heterocycles. The summed E-state index contributed by atoms with van der Waals surface area (Å²) in [7, 11) is 0. The topological polar surface area (TPSA) is 87.7 Å². The van der Waals surface area contributed by atoms with E-state index in [2.05, 4.69) is 0 Å². The van der Waals surface area contributed by atoms with Crippen molar-refractivity contribution in [3.05, 3.63) is 49.6 Å². The van der Waals surface area contributed by atoms with Gasteiger partial charge in [-0.1, -0.05) is 23.2 Å². The lowest BCUT2D eigenvalue weighted by molar-refractivity contribution is -0.137. The number of carboxylic acids is 1. The smallest absolute Gasteiger partial charge is 0.303 e. The fourth-order valence-corrected chi connectivity index (χ4v) is 3.37. The summed E-state index contributed by atoms with van der Waals surface area (Å²) in [4.78, 5) is 22.7. The molecule has 0 unspecified atom stereocenters. The number of fused-ring (bicyclic) bond motifs is 2. The van der Waals surface area contributed by atoms with Gasteiger partial charge in [0.1, 0.15) is 15.8 Å². The molecular formula is C18H14Cl2O5. The van der Waals surface area contributed by atoms with Crippen LogP contribution in [-0.4, -0.2) is 16.2 Å². The van der Waals surface area contributed by atoms with Gasteiger partial charge in [-0.05, 0) is 49.1 Å². The Morgan fingerprint density at radius 2 is 1.96 bits per heavy atom. The van der Waals surface area contributed by atoms with Crippen LogP contribution >= 0.6 is 23.2 Å². The summed E-state index contributed by atoms with van der Waals surface area (Å²) in [6.45, 7) is 1.71. The SMILES string of the molecule is Cc1cc2c(CCCC(=O)O)c3ccc(=O)c(Cl)c-3oc2c(Cl)c1O. The Kier molecular flexibility index (Phi) is 4.62. The minimum Gasteiger partial charge on any atom is -0.506 e. The zero-order valence-electron chi connectivity index (χ0n) is 13.2. The van der Waals surface area contributed by atoms with Crippen LogP contribution in [0.25, 0.3) is 22.3 Å². The molecule has 7 heteroatoms. The van der Waals surface area contributed by atoms with Crippen LogP contribution in [0.3, 0.4) is 0 Å². The zero-order valence-corrected chi connectivity index (χ0v) is 14.7. The van der Waals surface area contributed by atoms with E-state index in [9.17, 15) is 14.7 Å². The molecule has 0 aromatic heterocycles. The van der Waals surface area contributed by atoms with Crippen molar-refractivity contribution in [2.24, 2.45) is 0 Å². The fraction of sp³-hybridized carbons (Fsp3) is 0.222. The van der Waals surface area contributed by atoms with Crippen LogP contribution in [-0.2, 0) is 11.2 Å². The Bertz CT molecular complexity index is 1020. The molecule has 0 fully saturated rings. The summed E-state index contributed by atoms with van der Waals surface area (Å²) in [6.07, 6.45) is 0.843. The fourth-order valence-electron chi connectivity index (χ4n) is 2.88. The van der Waals surface area contributed by atoms with Crippen molar-refractivity contribution in [1.29, 1.82) is 0 Å². The van der Waals surface area contributed by atoms with E-state index in [0.29, 0.717) is 29.4 Å². The van der Waals surface area contributed by atoms with E-state index >= 15 is 0 Å². The lowest BCUT2D eigenvalue weighted by atomic mass is 9.94. The number of rotatable bonds is 4. The van der Waals surface area contributed by atoms with Gasteiger partial charge >= 0.3 is 5.97 Å². The number of hydrogen-bond acceptors (Lipinski definition) is 4. The maximum absolute atomic E-state index is 11.8. The second-order valence-corrected chi connectivity index (χ2v) is 6.57. The van der Waals surface area contributed by atoms with Crippen molar-refractivity contribution in [2.45, 2.75) is 26.2 Å². The van der Waals surface area contributed by atoms with Crippen molar-refractivity contribution in [3.63, 3.8) is 0 Å². The van der Waals surface area contributed by atoms with E-state index in [1.807, 2.05) is 0 Å². The average Bonchev–Trinajstić information content (AvgIpc) is 2.56. The van der Waals surface area contributed by atoms with Gasteiger partial charge < -0.3 is 14.6 Å². The number of carboxylic acid groups (broad SMARTS) is 1. The van der Waals surface area contributed by atoms with Crippen LogP contribution < -0.4 is 5.43 Å². The predicted octanol–water partition coefficient (Wildman–Crippen LogP) is 4.63. The van der Waals surface area contributed by atoms with E-state index in [0.717, 1.165) is 5.56 Å². The minimum absolute atomic E-state index is 0.00714. The summed E-state index contributed by atoms with van der Waals surface area (Å²) >= 11 is 12.3. The molecule has 5 nitrogen and oxygen atoms in total. The van der Waals surface area contributed by atoms with Gasteiger partial charge in [0.2, 0.25) is 5.43 Å². The van der Waals surface area contributed by atoms with Gasteiger partial charge in [0.05, 0.1) is 0 Å². The van der Waals surface area contributed by atoms with Gasteiger partial charge in [-0.15, -0.1) is 0 Å². The predicted molar refractivity (Wildman–Crippen MR) is 96.1 cm³/mol. The number of aliphatic carboxylic acids is 1. The Hall–Kier alpha value is -2.24. The van der Waals surface area contributed by atoms with Gasteiger partial charge in [-0.3, -0.25) is 9.59 Å². The van der Waals surface area contributed by atoms with Crippen LogP contribution in [0.15, 0.2) is 27.4 Å². The first kappa shape index (κ1) is 17.6. The number of hydrogen-bond donors (Lipinski definition) is 2. The molecule has 0 spiro atoms. The number of benzene rings is 2. The molecule has 25 heavy (non-hydrogen) atoms. The Labute approximate surface area is 152 Å². The number of aromatic hydroxyl groups is 1. The molecule has 130 valence electrons. The third-order valence-corrected chi connectivity index (χ3v) is 4.83. The largest absolute Gasteiger partial charge is 0.506 e. The van der Waals surface area contributed by atoms with Crippen molar-refractivity contribution < 1.29 is 19.4 Å². The second-order valence-electron chi connectivity index (χ2n) is 5.82. The molecule has 0 radical (unpaired) electrons. The maximum Gasteiger partial charge on any atom is 0.303 e. The van der Waals surface area contributed by atoms with E-state index in [1.165, 1.54) is 6.07 Å². The summed E-state index contributed by atoms with van der Waals surface area (Å²) in [5.41, 5.74) is 1.81. The molecule has 1 aromatic rings. The van der Waals surface area contributed by atoms with Crippen LogP contribution in [0.4, 0.5) is 0 Å². The number of phenols is 1. The molecule has 2 aliphatic rings. The monoisotopic (exact) mass is 380 g/mol. The van der Waals surface area contributed by atoms with Gasteiger partial charge in [0, 0.05) is 17.4 Å². The highest BCUT2D eigenvalue weighted by molar-refractivity contribution is 6.37. The molecule has 0 amide bonds. The van der Waals surface area contributed by atoms with Gasteiger partial charge in [0.15, 0.2) is 11.3 Å². The summed E-state index contributed by atoms with van der Waals surface area (Å²) in [5, 5.41) is 19.6. The van der Waals surface area contributed by atoms with Gasteiger partial charge in [-0.25, -0.2) is 0 Å². The molecular weight excluding hydrogens is 367 g/mol. The highest BCUT2D eigenvalue weighted by atomic mass is 35.5. The van der Waals surface area contributed by atoms with Gasteiger partial charge in [-0.2, -0.15) is 0 Å². The molecule has 2 N–H and O–H groups in total. The lowest BCUT2D eigenvalue weighted by Gasteiger charge is -2.17. The zero-order chi connectivity index (χ0) is 18.3. The second kappa shape index (κ2) is 6.58. The molecule has 0 saturated carbocycles. The molecule has 0 bridgehead atoms. The summed E-state index contributed by atoms with van der Waals surface area (Å²) in [6, 6.07) is 4.69. The third kappa shape index (κ3) is 3.05. The number of phenolic OH excluding ortho intramolecular Hbond substituents is 1. The molecule has 1 aliphatic heterocycles. The van der Waals surface area contributed by atoms with Crippen LogP contribution in [0.5, 0.6) is 5.75 Å². The molecule has 3 rings (SSSR count). The van der Waals surface area contributed by atoms with Crippen molar-refractivity contribution >= 4 is 40.1 Å². The highest BCUT2D eigenvalue weighted by Gasteiger charge is 2.22. The van der Waals surface area contributed by atoms with Crippen LogP contribution in [0.2, 0.25) is 10.0 Å². The first-order chi connectivity index (χ1) is 11.8. The summed E-state index contributed by atoms with van der Waals surface area (Å²) in [5.74, 6) is -0.818. The number of carbonyl (C=O) groups is 1. The Morgan fingerprint density at radius 1 is 1.24 bits per heavy atom. The van der Waals surface area contributed by atoms with Crippen LogP contribution in [0.1, 0.15) is 24.0 Å². The standard InChI is InChI=1S/C18H14Cl2O5/c1-8-7-11-9(3-2-4-13(22)23)10-5-6-12(21)14(19)17(10)25-18(11)15(20)16(8)24/h5-7,24H,2-4H2,1H3,(H,22,23). The number of aryl methyl sites for hydroxylation is 2. The minimum atomic E-state index is -0.888. The first-order valence-electron chi connectivity index (χ1n) is 7.59. The first-order valence-corrected chi connectivity index (χ1v) is 8.34. The molecule has 1 heterocycles. The highest BCUT2D eigenvalue weighted by Crippen LogP contribution is 2.43. The molecule has 1 aliphatic carbocycles.